The summed E-state index contributed by atoms with van der Waals surface area (Å²) in [5.74, 6) is 0.636. The summed E-state index contributed by atoms with van der Waals surface area (Å²) in [6.07, 6.45) is 5.75. The first-order chi connectivity index (χ1) is 9.61. The van der Waals surface area contributed by atoms with Gasteiger partial charge in [0.1, 0.15) is 11.4 Å². The molecule has 0 amide bonds. The van der Waals surface area contributed by atoms with Crippen molar-refractivity contribution in [1.82, 2.24) is 0 Å². The summed E-state index contributed by atoms with van der Waals surface area (Å²) < 4.78 is 6.10. The minimum atomic E-state index is -0.356. The summed E-state index contributed by atoms with van der Waals surface area (Å²) in [7, 11) is 0. The molecule has 2 rings (SSSR count). The van der Waals surface area contributed by atoms with Crippen molar-refractivity contribution < 1.29 is 9.66 Å². The van der Waals surface area contributed by atoms with Crippen LogP contribution in [0.25, 0.3) is 0 Å². The van der Waals surface area contributed by atoms with E-state index < -0.39 is 0 Å². The molecule has 0 spiro atoms. The second-order valence-electron chi connectivity index (χ2n) is 4.97. The molecule has 0 bridgehead atoms. The zero-order valence-electron chi connectivity index (χ0n) is 11.5. The topological polar surface area (TPSA) is 64.4 Å². The third-order valence-corrected chi connectivity index (χ3v) is 4.13. The molecule has 0 unspecified atom stereocenters. The first kappa shape index (κ1) is 15.1. The molecule has 1 aliphatic carbocycles. The number of nitrogens with one attached hydrogen (secondary N) is 1. The van der Waals surface area contributed by atoms with Gasteiger partial charge in [0.15, 0.2) is 0 Å². The van der Waals surface area contributed by atoms with E-state index in [9.17, 15) is 10.1 Å². The van der Waals surface area contributed by atoms with Gasteiger partial charge in [-0.2, -0.15) is 0 Å². The van der Waals surface area contributed by atoms with Crippen molar-refractivity contribution >= 4 is 27.3 Å². The van der Waals surface area contributed by atoms with E-state index in [0.717, 1.165) is 12.8 Å². The van der Waals surface area contributed by atoms with Gasteiger partial charge >= 0.3 is 0 Å². The van der Waals surface area contributed by atoms with Crippen LogP contribution in [0.5, 0.6) is 5.75 Å². The second kappa shape index (κ2) is 6.92. The zero-order chi connectivity index (χ0) is 14.5. The van der Waals surface area contributed by atoms with Gasteiger partial charge in [-0.25, -0.2) is 0 Å². The van der Waals surface area contributed by atoms with Gasteiger partial charge in [0.2, 0.25) is 0 Å². The molecule has 1 saturated carbocycles. The quantitative estimate of drug-likeness (QED) is 0.631. The van der Waals surface area contributed by atoms with Gasteiger partial charge in [0, 0.05) is 18.2 Å². The molecule has 5 nitrogen and oxygen atoms in total. The Bertz CT molecular complexity index is 488. The van der Waals surface area contributed by atoms with Crippen LogP contribution in [0.3, 0.4) is 0 Å². The van der Waals surface area contributed by atoms with Gasteiger partial charge in [-0.3, -0.25) is 10.1 Å². The summed E-state index contributed by atoms with van der Waals surface area (Å²) in [4.78, 5) is 10.8. The van der Waals surface area contributed by atoms with Crippen LogP contribution in [-0.2, 0) is 0 Å². The molecular formula is C14H19BrN2O3. The molecule has 1 N–H and O–H groups in total. The lowest BCUT2D eigenvalue weighted by atomic mass is 9.95. The van der Waals surface area contributed by atoms with E-state index in [4.69, 9.17) is 4.74 Å². The van der Waals surface area contributed by atoms with Gasteiger partial charge in [-0.05, 0) is 35.7 Å². The van der Waals surface area contributed by atoms with E-state index in [-0.39, 0.29) is 10.6 Å². The highest BCUT2D eigenvalue weighted by Gasteiger charge is 2.21. The van der Waals surface area contributed by atoms with Crippen LogP contribution in [0.2, 0.25) is 0 Å². The average Bonchev–Trinajstić information content (AvgIpc) is 2.43. The Labute approximate surface area is 127 Å². The van der Waals surface area contributed by atoms with Gasteiger partial charge in [-0.15, -0.1) is 0 Å². The Morgan fingerprint density at radius 1 is 1.40 bits per heavy atom. The monoisotopic (exact) mass is 342 g/mol. The normalized spacial score (nSPS) is 15.9. The largest absolute Gasteiger partial charge is 0.493 e. The standard InChI is InChI=1S/C14H19BrN2O3/c1-2-20-14-9-12(13(17(18)19)8-11(14)15)16-10-6-4-3-5-7-10/h8-10,16H,2-7H2,1H3. The molecule has 0 heterocycles. The minimum absolute atomic E-state index is 0.0888. The molecule has 20 heavy (non-hydrogen) atoms. The molecule has 0 atom stereocenters. The zero-order valence-corrected chi connectivity index (χ0v) is 13.1. The van der Waals surface area contributed by atoms with E-state index in [1.165, 1.54) is 25.3 Å². The van der Waals surface area contributed by atoms with Crippen LogP contribution in [0.15, 0.2) is 16.6 Å². The fraction of sp³-hybridized carbons (Fsp3) is 0.571. The van der Waals surface area contributed by atoms with E-state index in [0.29, 0.717) is 28.6 Å². The van der Waals surface area contributed by atoms with Gasteiger partial charge in [-0.1, -0.05) is 19.3 Å². The van der Waals surface area contributed by atoms with Gasteiger partial charge in [0.25, 0.3) is 5.69 Å². The number of hydrogen-bond acceptors (Lipinski definition) is 4. The van der Waals surface area contributed by atoms with Crippen LogP contribution in [-0.4, -0.2) is 17.6 Å². The summed E-state index contributed by atoms with van der Waals surface area (Å²) in [5, 5.41) is 14.5. The Morgan fingerprint density at radius 3 is 2.70 bits per heavy atom. The molecule has 1 aliphatic rings. The molecule has 110 valence electrons. The van der Waals surface area contributed by atoms with Crippen molar-refractivity contribution in [1.29, 1.82) is 0 Å². The lowest BCUT2D eigenvalue weighted by Gasteiger charge is -2.24. The molecule has 0 aromatic heterocycles. The van der Waals surface area contributed by atoms with Crippen LogP contribution in [0.1, 0.15) is 39.0 Å². The van der Waals surface area contributed by atoms with E-state index in [1.54, 1.807) is 6.07 Å². The predicted octanol–water partition coefficient (Wildman–Crippen LogP) is 4.50. The SMILES string of the molecule is CCOc1cc(NC2CCCCC2)c([N+](=O)[O-])cc1Br. The number of benzene rings is 1. The van der Waals surface area contributed by atoms with E-state index in [1.807, 2.05) is 6.92 Å². The Balaban J connectivity index is 2.27. The lowest BCUT2D eigenvalue weighted by molar-refractivity contribution is -0.384. The van der Waals surface area contributed by atoms with Crippen molar-refractivity contribution in [3.05, 3.63) is 26.7 Å². The molecule has 0 radical (unpaired) electrons. The summed E-state index contributed by atoms with van der Waals surface area (Å²) in [6, 6.07) is 3.55. The summed E-state index contributed by atoms with van der Waals surface area (Å²) in [6.45, 7) is 2.42. The van der Waals surface area contributed by atoms with Gasteiger partial charge < -0.3 is 10.1 Å². The van der Waals surface area contributed by atoms with Crippen molar-refractivity contribution in [2.75, 3.05) is 11.9 Å². The Hall–Kier alpha value is -1.30. The average molecular weight is 343 g/mol. The first-order valence-electron chi connectivity index (χ1n) is 6.99. The van der Waals surface area contributed by atoms with E-state index >= 15 is 0 Å². The number of anilines is 1. The molecule has 0 aliphatic heterocycles. The maximum atomic E-state index is 11.2. The molecule has 6 heteroatoms. The highest BCUT2D eigenvalue weighted by atomic mass is 79.9. The smallest absolute Gasteiger partial charge is 0.293 e. The number of ether oxygens (including phenoxy) is 1. The molecule has 1 fully saturated rings. The third-order valence-electron chi connectivity index (χ3n) is 3.51. The first-order valence-corrected chi connectivity index (χ1v) is 7.78. The fourth-order valence-electron chi connectivity index (χ4n) is 2.54. The van der Waals surface area contributed by atoms with Crippen LogP contribution in [0, 0.1) is 10.1 Å². The maximum absolute atomic E-state index is 11.2. The molecular weight excluding hydrogens is 324 g/mol. The van der Waals surface area contributed by atoms with Crippen molar-refractivity contribution in [3.63, 3.8) is 0 Å². The van der Waals surface area contributed by atoms with E-state index in [2.05, 4.69) is 21.2 Å². The summed E-state index contributed by atoms with van der Waals surface area (Å²) >= 11 is 3.32. The Morgan fingerprint density at radius 2 is 2.10 bits per heavy atom. The van der Waals surface area contributed by atoms with Crippen LogP contribution in [0.4, 0.5) is 11.4 Å². The Kier molecular flexibility index (Phi) is 5.23. The lowest BCUT2D eigenvalue weighted by Crippen LogP contribution is -2.22. The number of nitro groups is 1. The van der Waals surface area contributed by atoms with Crippen LogP contribution >= 0.6 is 15.9 Å². The maximum Gasteiger partial charge on any atom is 0.293 e. The minimum Gasteiger partial charge on any atom is -0.493 e. The van der Waals surface area contributed by atoms with Crippen molar-refractivity contribution in [2.45, 2.75) is 45.1 Å². The number of rotatable bonds is 5. The van der Waals surface area contributed by atoms with Crippen molar-refractivity contribution in [3.8, 4) is 5.75 Å². The number of halogens is 1. The molecule has 1 aromatic carbocycles. The molecule has 1 aromatic rings. The highest BCUT2D eigenvalue weighted by Crippen LogP contribution is 2.37. The second-order valence-corrected chi connectivity index (χ2v) is 5.82. The number of nitro benzene ring substituents is 1. The summed E-state index contributed by atoms with van der Waals surface area (Å²) in [5.41, 5.74) is 0.638. The predicted molar refractivity (Wildman–Crippen MR) is 82.5 cm³/mol. The van der Waals surface area contributed by atoms with Crippen molar-refractivity contribution in [2.24, 2.45) is 0 Å². The number of hydrogen-bond donors (Lipinski definition) is 1. The van der Waals surface area contributed by atoms with Gasteiger partial charge in [0.05, 0.1) is 16.0 Å². The number of nitrogens with zero attached hydrogens (tertiary/aromatic N) is 1. The highest BCUT2D eigenvalue weighted by molar-refractivity contribution is 9.10. The third kappa shape index (κ3) is 3.62. The fourth-order valence-corrected chi connectivity index (χ4v) is 2.99. The molecule has 0 saturated heterocycles. The van der Waals surface area contributed by atoms with Crippen LogP contribution < -0.4 is 10.1 Å².